The molecule has 0 radical (unpaired) electrons. The van der Waals surface area contributed by atoms with Crippen molar-refractivity contribution in [3.8, 4) is 11.3 Å². The molecule has 1 aliphatic heterocycles. The fraction of sp³-hybridized carbons (Fsp3) is 0.423. The minimum absolute atomic E-state index is 0.0754. The summed E-state index contributed by atoms with van der Waals surface area (Å²) in [6.07, 6.45) is 2.49. The zero-order valence-corrected chi connectivity index (χ0v) is 20.3. The van der Waals surface area contributed by atoms with Gasteiger partial charge in [-0.3, -0.25) is 4.68 Å². The largest absolute Gasteiger partial charge is 0.416 e. The monoisotopic (exact) mass is 512 g/mol. The Labute approximate surface area is 209 Å². The Morgan fingerprint density at radius 3 is 2.51 bits per heavy atom. The summed E-state index contributed by atoms with van der Waals surface area (Å²) in [6.45, 7) is 4.03. The molecule has 4 heterocycles. The van der Waals surface area contributed by atoms with Gasteiger partial charge in [-0.1, -0.05) is 0 Å². The summed E-state index contributed by atoms with van der Waals surface area (Å²) in [5.74, 6) is -0.701. The molecule has 192 valence electrons. The molecule has 4 aromatic rings. The number of rotatable bonds is 4. The molecule has 2 fully saturated rings. The van der Waals surface area contributed by atoms with Crippen molar-refractivity contribution in [2.45, 2.75) is 63.8 Å². The molecule has 0 amide bonds. The molecule has 0 bridgehead atoms. The van der Waals surface area contributed by atoms with Crippen molar-refractivity contribution in [1.29, 1.82) is 0 Å². The third-order valence-corrected chi connectivity index (χ3v) is 7.07. The van der Waals surface area contributed by atoms with E-state index < -0.39 is 17.6 Å². The Kier molecular flexibility index (Phi) is 5.70. The minimum atomic E-state index is -4.66. The normalized spacial score (nSPS) is 20.5. The summed E-state index contributed by atoms with van der Waals surface area (Å²) < 4.78 is 62.5. The van der Waals surface area contributed by atoms with Gasteiger partial charge in [0.25, 0.3) is 0 Å². The van der Waals surface area contributed by atoms with Crippen LogP contribution in [-0.2, 0) is 10.9 Å². The fourth-order valence-electron chi connectivity index (χ4n) is 4.70. The van der Waals surface area contributed by atoms with Crippen LogP contribution < -0.4 is 0 Å². The highest BCUT2D eigenvalue weighted by atomic mass is 19.4. The predicted octanol–water partition coefficient (Wildman–Crippen LogP) is 6.03. The van der Waals surface area contributed by atoms with Gasteiger partial charge in [-0.25, -0.2) is 24.3 Å². The molecule has 7 nitrogen and oxygen atoms in total. The number of hydrogen-bond donors (Lipinski definition) is 0. The quantitative estimate of drug-likeness (QED) is 0.311. The van der Waals surface area contributed by atoms with Gasteiger partial charge in [-0.2, -0.15) is 18.3 Å². The SMILES string of the molecule is Cc1nc2nc(C3CCOC(c4cnn(C5CC5)c4)C3)nc(-c3ccc(C(F)(F)F)cc3F)c2nc1C. The molecule has 1 saturated heterocycles. The summed E-state index contributed by atoms with van der Waals surface area (Å²) >= 11 is 0. The zero-order valence-electron chi connectivity index (χ0n) is 20.3. The van der Waals surface area contributed by atoms with Crippen molar-refractivity contribution in [1.82, 2.24) is 29.7 Å². The topological polar surface area (TPSA) is 78.6 Å². The summed E-state index contributed by atoms with van der Waals surface area (Å²) in [5.41, 5.74) is 1.78. The van der Waals surface area contributed by atoms with Gasteiger partial charge in [0.1, 0.15) is 22.9 Å². The van der Waals surface area contributed by atoms with Crippen LogP contribution >= 0.6 is 0 Å². The number of halogens is 4. The van der Waals surface area contributed by atoms with E-state index in [1.165, 1.54) is 0 Å². The lowest BCUT2D eigenvalue weighted by atomic mass is 9.92. The number of fused-ring (bicyclic) bond motifs is 1. The molecule has 1 saturated carbocycles. The molecule has 1 aromatic carbocycles. The van der Waals surface area contributed by atoms with Crippen molar-refractivity contribution < 1.29 is 22.3 Å². The Balaban J connectivity index is 1.41. The number of hydrogen-bond acceptors (Lipinski definition) is 6. The maximum Gasteiger partial charge on any atom is 0.416 e. The van der Waals surface area contributed by atoms with E-state index in [1.54, 1.807) is 13.8 Å². The average Bonchev–Trinajstić information content (AvgIpc) is 3.60. The molecule has 2 unspecified atom stereocenters. The highest BCUT2D eigenvalue weighted by Gasteiger charge is 2.33. The van der Waals surface area contributed by atoms with Crippen LogP contribution in [0.4, 0.5) is 17.6 Å². The molecule has 2 aliphatic rings. The Hall–Kier alpha value is -3.47. The number of nitrogens with zero attached hydrogens (tertiary/aromatic N) is 6. The highest BCUT2D eigenvalue weighted by Crippen LogP contribution is 2.40. The Morgan fingerprint density at radius 1 is 1.00 bits per heavy atom. The molecular formula is C26H24F4N6O. The number of ether oxygens (including phenoxy) is 1. The maximum absolute atomic E-state index is 15.1. The summed E-state index contributed by atoms with van der Waals surface area (Å²) in [5, 5.41) is 4.46. The van der Waals surface area contributed by atoms with Crippen LogP contribution in [0.1, 0.15) is 72.1 Å². The summed E-state index contributed by atoms with van der Waals surface area (Å²) in [6, 6.07) is 2.89. The number of aryl methyl sites for hydroxylation is 2. The van der Waals surface area contributed by atoms with Gasteiger partial charge in [-0.15, -0.1) is 0 Å². The van der Waals surface area contributed by atoms with Crippen LogP contribution in [0.15, 0.2) is 30.6 Å². The lowest BCUT2D eigenvalue weighted by Gasteiger charge is -2.28. The molecule has 1 aliphatic carbocycles. The first-order valence-electron chi connectivity index (χ1n) is 12.2. The molecule has 2 atom stereocenters. The van der Waals surface area contributed by atoms with E-state index in [0.29, 0.717) is 48.8 Å². The van der Waals surface area contributed by atoms with E-state index in [4.69, 9.17) is 4.74 Å². The average molecular weight is 513 g/mol. The molecule has 0 spiro atoms. The maximum atomic E-state index is 15.1. The van der Waals surface area contributed by atoms with E-state index in [9.17, 15) is 13.2 Å². The number of alkyl halides is 3. The van der Waals surface area contributed by atoms with E-state index in [2.05, 4.69) is 25.0 Å². The first kappa shape index (κ1) is 23.9. The highest BCUT2D eigenvalue weighted by molar-refractivity contribution is 5.87. The van der Waals surface area contributed by atoms with Crippen LogP contribution in [-0.4, -0.2) is 36.3 Å². The Morgan fingerprint density at radius 2 is 1.78 bits per heavy atom. The number of aromatic nitrogens is 6. The van der Waals surface area contributed by atoms with E-state index in [0.717, 1.165) is 30.5 Å². The van der Waals surface area contributed by atoms with E-state index in [-0.39, 0.29) is 34.4 Å². The second kappa shape index (κ2) is 8.83. The Bertz CT molecular complexity index is 1500. The van der Waals surface area contributed by atoms with Crippen molar-refractivity contribution in [3.63, 3.8) is 0 Å². The van der Waals surface area contributed by atoms with Crippen molar-refractivity contribution in [2.24, 2.45) is 0 Å². The zero-order chi connectivity index (χ0) is 25.9. The van der Waals surface area contributed by atoms with Crippen LogP contribution in [0.5, 0.6) is 0 Å². The second-order valence-corrected chi connectivity index (χ2v) is 9.76. The van der Waals surface area contributed by atoms with Crippen molar-refractivity contribution >= 4 is 11.2 Å². The first-order chi connectivity index (χ1) is 17.7. The van der Waals surface area contributed by atoms with Gasteiger partial charge in [0, 0.05) is 29.8 Å². The van der Waals surface area contributed by atoms with Gasteiger partial charge >= 0.3 is 6.18 Å². The lowest BCUT2D eigenvalue weighted by molar-refractivity contribution is -0.137. The van der Waals surface area contributed by atoms with Crippen molar-refractivity contribution in [3.05, 3.63) is 64.7 Å². The lowest BCUT2D eigenvalue weighted by Crippen LogP contribution is -2.20. The van der Waals surface area contributed by atoms with Crippen molar-refractivity contribution in [2.75, 3.05) is 6.61 Å². The first-order valence-corrected chi connectivity index (χ1v) is 12.2. The number of benzene rings is 1. The summed E-state index contributed by atoms with van der Waals surface area (Å²) in [7, 11) is 0. The van der Waals surface area contributed by atoms with Crippen LogP contribution in [0, 0.1) is 19.7 Å². The van der Waals surface area contributed by atoms with E-state index in [1.807, 2.05) is 17.1 Å². The smallest absolute Gasteiger partial charge is 0.373 e. The van der Waals surface area contributed by atoms with Crippen LogP contribution in [0.2, 0.25) is 0 Å². The van der Waals surface area contributed by atoms with Crippen LogP contribution in [0.3, 0.4) is 0 Å². The molecule has 3 aromatic heterocycles. The van der Waals surface area contributed by atoms with Gasteiger partial charge < -0.3 is 4.74 Å². The molecule has 0 N–H and O–H groups in total. The molecule has 11 heteroatoms. The molecular weight excluding hydrogens is 488 g/mol. The third kappa shape index (κ3) is 4.56. The molecule has 6 rings (SSSR count). The standard InChI is InChI=1S/C26H24F4N6O/c1-13-14(2)33-25-23(32-13)22(19-6-3-17(10-20(19)27)26(28,29)30)34-24(35-25)15-7-8-37-21(9-15)16-11-31-36(12-16)18-4-5-18/h3,6,10-12,15,18,21H,4-5,7-9H2,1-2H3. The van der Waals surface area contributed by atoms with Gasteiger partial charge in [-0.05, 0) is 57.7 Å². The van der Waals surface area contributed by atoms with E-state index >= 15 is 4.39 Å². The van der Waals surface area contributed by atoms with Gasteiger partial charge in [0.05, 0.1) is 35.3 Å². The van der Waals surface area contributed by atoms with Gasteiger partial charge in [0.2, 0.25) is 0 Å². The predicted molar refractivity (Wildman–Crippen MR) is 126 cm³/mol. The van der Waals surface area contributed by atoms with Crippen LogP contribution in [0.25, 0.3) is 22.4 Å². The molecule has 37 heavy (non-hydrogen) atoms. The third-order valence-electron chi connectivity index (χ3n) is 7.07. The fourth-order valence-corrected chi connectivity index (χ4v) is 4.70. The summed E-state index contributed by atoms with van der Waals surface area (Å²) in [4.78, 5) is 18.4. The second-order valence-electron chi connectivity index (χ2n) is 9.76. The van der Waals surface area contributed by atoms with Gasteiger partial charge in [0.15, 0.2) is 5.65 Å². The minimum Gasteiger partial charge on any atom is -0.373 e.